The van der Waals surface area contributed by atoms with Crippen molar-refractivity contribution in [3.63, 3.8) is 0 Å². The molecule has 0 atom stereocenters. The van der Waals surface area contributed by atoms with E-state index in [9.17, 15) is 9.59 Å². The van der Waals surface area contributed by atoms with Crippen molar-refractivity contribution in [2.75, 3.05) is 65.4 Å². The van der Waals surface area contributed by atoms with Gasteiger partial charge in [-0.3, -0.25) is 14.6 Å². The summed E-state index contributed by atoms with van der Waals surface area (Å²) in [7, 11) is 1.79. The van der Waals surface area contributed by atoms with Crippen LogP contribution in [0.15, 0.2) is 47.8 Å². The summed E-state index contributed by atoms with van der Waals surface area (Å²) in [6, 6.07) is 11.2. The number of ether oxygens (including phenoxy) is 1. The summed E-state index contributed by atoms with van der Waals surface area (Å²) in [5, 5.41) is 12.6. The van der Waals surface area contributed by atoms with Crippen molar-refractivity contribution in [2.45, 2.75) is 38.9 Å². The van der Waals surface area contributed by atoms with Crippen LogP contribution >= 0.6 is 46.9 Å². The number of hydrogen-bond acceptors (Lipinski definition) is 13. The molecule has 0 fully saturated rings. The number of carbonyl (C=O) groups excluding carboxylic acids is 2. The number of nitrogens with two attached hydrogens (primary N) is 2. The van der Waals surface area contributed by atoms with Crippen LogP contribution in [0.4, 0.5) is 28.1 Å². The highest BCUT2D eigenvalue weighted by atomic mass is 35.5. The average Bonchev–Trinajstić information content (AvgIpc) is 3.43. The van der Waals surface area contributed by atoms with E-state index in [-0.39, 0.29) is 13.2 Å². The van der Waals surface area contributed by atoms with E-state index in [2.05, 4.69) is 49.7 Å². The van der Waals surface area contributed by atoms with E-state index in [1.54, 1.807) is 30.3 Å². The van der Waals surface area contributed by atoms with Gasteiger partial charge in [0, 0.05) is 47.9 Å². The molecule has 1 amide bonds. The number of thiophene rings is 1. The second kappa shape index (κ2) is 19.9. The van der Waals surface area contributed by atoms with Crippen molar-refractivity contribution in [3.8, 4) is 11.8 Å². The van der Waals surface area contributed by atoms with Gasteiger partial charge in [0.1, 0.15) is 16.5 Å². The van der Waals surface area contributed by atoms with Gasteiger partial charge < -0.3 is 31.3 Å². The third kappa shape index (κ3) is 11.5. The van der Waals surface area contributed by atoms with Gasteiger partial charge in [-0.25, -0.2) is 20.8 Å². The fourth-order valence-electron chi connectivity index (χ4n) is 4.57. The Morgan fingerprint density at radius 1 is 1.17 bits per heavy atom. The number of amides is 1. The fraction of sp³-hybridized carbons (Fsp3) is 0.314. The third-order valence-electron chi connectivity index (χ3n) is 7.26. The summed E-state index contributed by atoms with van der Waals surface area (Å²) in [5.74, 6) is 13.7. The van der Waals surface area contributed by atoms with Gasteiger partial charge in [0.15, 0.2) is 28.2 Å². The minimum absolute atomic E-state index is 0.238. The average molecular weight is 781 g/mol. The second-order valence-electron chi connectivity index (χ2n) is 11.3. The zero-order valence-electron chi connectivity index (χ0n) is 29.3. The first-order chi connectivity index (χ1) is 25.0. The first kappa shape index (κ1) is 40.3. The minimum Gasteiger partial charge on any atom is -0.393 e. The molecule has 0 unspecified atom stereocenters. The molecule has 274 valence electrons. The van der Waals surface area contributed by atoms with E-state index in [4.69, 9.17) is 40.1 Å². The number of aryl methyl sites for hydroxylation is 2. The first-order valence-corrected chi connectivity index (χ1v) is 18.8. The maximum atomic E-state index is 12.5. The van der Waals surface area contributed by atoms with Crippen LogP contribution in [-0.2, 0) is 16.1 Å². The van der Waals surface area contributed by atoms with Crippen LogP contribution in [0.5, 0.6) is 0 Å². The Balaban J connectivity index is 1.26. The number of carbonyl (C=O) groups is 2. The number of benzene rings is 1. The molecular formula is C35H41ClN10O3S3. The maximum Gasteiger partial charge on any atom is 0.296 e. The van der Waals surface area contributed by atoms with Crippen molar-refractivity contribution in [3.05, 3.63) is 74.7 Å². The number of nitrogen functional groups attached to an aromatic ring is 1. The number of nitrogens with one attached hydrogen (secondary N) is 3. The van der Waals surface area contributed by atoms with Crippen molar-refractivity contribution >= 4 is 92.4 Å². The highest BCUT2D eigenvalue weighted by molar-refractivity contribution is 7.99. The van der Waals surface area contributed by atoms with Gasteiger partial charge in [0.05, 0.1) is 30.9 Å². The van der Waals surface area contributed by atoms with Crippen molar-refractivity contribution in [2.24, 2.45) is 5.84 Å². The lowest BCUT2D eigenvalue weighted by Crippen LogP contribution is -2.32. The molecule has 0 saturated carbocycles. The maximum absolute atomic E-state index is 12.5. The normalized spacial score (nSPS) is 10.6. The molecule has 13 nitrogen and oxygen atoms in total. The van der Waals surface area contributed by atoms with Crippen LogP contribution in [0.2, 0.25) is 5.02 Å². The number of hydrogen-bond donors (Lipinski definition) is 5. The minimum atomic E-state index is -0.497. The Hall–Kier alpha value is -4.50. The zero-order chi connectivity index (χ0) is 37.6. The van der Waals surface area contributed by atoms with Gasteiger partial charge in [0.25, 0.3) is 5.91 Å². The molecular weight excluding hydrogens is 740 g/mol. The van der Waals surface area contributed by atoms with Gasteiger partial charge in [-0.05, 0) is 67.9 Å². The predicted octanol–water partition coefficient (Wildman–Crippen LogP) is 5.41. The molecule has 0 aliphatic carbocycles. The number of thioether (sulfide) groups is 1. The van der Waals surface area contributed by atoms with E-state index in [1.165, 1.54) is 28.1 Å². The lowest BCUT2D eigenvalue weighted by Gasteiger charge is -2.21. The van der Waals surface area contributed by atoms with Gasteiger partial charge in [-0.15, -0.1) is 11.3 Å². The van der Waals surface area contributed by atoms with Gasteiger partial charge in [-0.1, -0.05) is 48.3 Å². The molecule has 17 heteroatoms. The number of rotatable bonds is 16. The molecule has 0 aliphatic rings. The number of thiocarbonyl (C=S) groups is 1. The van der Waals surface area contributed by atoms with Crippen LogP contribution in [0.1, 0.15) is 45.3 Å². The molecule has 3 aromatic heterocycles. The van der Waals surface area contributed by atoms with E-state index < -0.39 is 5.91 Å². The van der Waals surface area contributed by atoms with Crippen LogP contribution in [0, 0.1) is 25.7 Å². The van der Waals surface area contributed by atoms with E-state index in [0.29, 0.717) is 80.5 Å². The molecule has 52 heavy (non-hydrogen) atoms. The number of hydrazine groups is 1. The Morgan fingerprint density at radius 3 is 2.63 bits per heavy atom. The van der Waals surface area contributed by atoms with Crippen LogP contribution in [0.25, 0.3) is 0 Å². The smallest absolute Gasteiger partial charge is 0.296 e. The summed E-state index contributed by atoms with van der Waals surface area (Å²) < 4.78 is 5.69. The molecule has 1 aromatic carbocycles. The fourth-order valence-corrected chi connectivity index (χ4v) is 6.62. The number of aldehydes is 1. The summed E-state index contributed by atoms with van der Waals surface area (Å²) in [6.45, 7) is 7.45. The van der Waals surface area contributed by atoms with E-state index in [0.717, 1.165) is 28.2 Å². The molecule has 0 bridgehead atoms. The van der Waals surface area contributed by atoms with Gasteiger partial charge in [-0.2, -0.15) is 0 Å². The summed E-state index contributed by atoms with van der Waals surface area (Å²) in [6.07, 6.45) is 3.36. The molecule has 4 rings (SSSR count). The predicted molar refractivity (Wildman–Crippen MR) is 217 cm³/mol. The van der Waals surface area contributed by atoms with E-state index >= 15 is 0 Å². The standard InChI is InChI=1S/C35H41ClN10O3S3/c1-5-18-51-34-42-31(30(37)32(43-34)46(38)20-24-6-8-25(36)9-7-24)41-15-17-49-16-14-40-29(48)11-10-26-23(3)52-33(27(26)21-47)44-35(50)45(4)28-19-22(2)12-13-39-28/h6-9,12-13,19,21H,5,14-18,20,37-38H2,1-4H3,(H,40,48)(H,44,50)(H,41,42,43). The SMILES string of the molecule is CCCSc1nc(NCCOCCNC(=O)C#Cc2c(C)sc(NC(=S)N(C)c3cc(C)ccn3)c2C=O)c(N)c(N(N)Cc2ccc(Cl)cc2)n1. The molecule has 3 heterocycles. The van der Waals surface area contributed by atoms with Crippen molar-refractivity contribution in [1.29, 1.82) is 0 Å². The monoisotopic (exact) mass is 780 g/mol. The van der Waals surface area contributed by atoms with Crippen LogP contribution < -0.4 is 37.4 Å². The van der Waals surface area contributed by atoms with Crippen molar-refractivity contribution in [1.82, 2.24) is 20.3 Å². The zero-order valence-corrected chi connectivity index (χ0v) is 32.5. The van der Waals surface area contributed by atoms with Gasteiger partial charge in [0.2, 0.25) is 0 Å². The molecule has 4 aromatic rings. The first-order valence-electron chi connectivity index (χ1n) is 16.2. The van der Waals surface area contributed by atoms with Crippen molar-refractivity contribution < 1.29 is 14.3 Å². The number of aromatic nitrogens is 3. The lowest BCUT2D eigenvalue weighted by molar-refractivity contribution is -0.115. The Bertz CT molecular complexity index is 1930. The molecule has 7 N–H and O–H groups in total. The Labute approximate surface area is 322 Å². The Kier molecular flexibility index (Phi) is 15.4. The highest BCUT2D eigenvalue weighted by Crippen LogP contribution is 2.32. The molecule has 0 radical (unpaired) electrons. The Morgan fingerprint density at radius 2 is 1.92 bits per heavy atom. The quantitative estimate of drug-likeness (QED) is 0.0143. The number of anilines is 5. The van der Waals surface area contributed by atoms with Gasteiger partial charge >= 0.3 is 0 Å². The van der Waals surface area contributed by atoms with E-state index in [1.807, 2.05) is 38.1 Å². The van der Waals surface area contributed by atoms with Crippen LogP contribution in [-0.4, -0.2) is 71.4 Å². The summed E-state index contributed by atoms with van der Waals surface area (Å²) >= 11 is 14.4. The number of pyridine rings is 1. The highest BCUT2D eigenvalue weighted by Gasteiger charge is 2.19. The third-order valence-corrected chi connectivity index (χ3v) is 9.98. The van der Waals surface area contributed by atoms with Crippen LogP contribution in [0.3, 0.4) is 0 Å². The topological polar surface area (TPSA) is 177 Å². The molecule has 0 saturated heterocycles. The number of halogens is 1. The lowest BCUT2D eigenvalue weighted by atomic mass is 10.1. The largest absolute Gasteiger partial charge is 0.393 e. The second-order valence-corrected chi connectivity index (χ2v) is 14.4. The molecule has 0 aliphatic heterocycles. The number of nitrogens with zero attached hydrogens (tertiary/aromatic N) is 5. The summed E-state index contributed by atoms with van der Waals surface area (Å²) in [4.78, 5) is 40.5. The molecule has 0 spiro atoms. The summed E-state index contributed by atoms with van der Waals surface area (Å²) in [5.41, 5.74) is 9.55.